The number of aryl methyl sites for hydroxylation is 2. The molecule has 0 saturated heterocycles. The number of aliphatic imine (C=N–C) groups is 1. The fourth-order valence-corrected chi connectivity index (χ4v) is 3.96. The number of fused-ring (bicyclic) bond motifs is 2. The summed E-state index contributed by atoms with van der Waals surface area (Å²) in [6.45, 7) is 2.15. The highest BCUT2D eigenvalue weighted by Gasteiger charge is 2.22. The summed E-state index contributed by atoms with van der Waals surface area (Å²) in [5.74, 6) is 0.832. The van der Waals surface area contributed by atoms with Gasteiger partial charge in [-0.3, -0.25) is 0 Å². The van der Waals surface area contributed by atoms with Crippen molar-refractivity contribution in [1.29, 1.82) is 0 Å². The topological polar surface area (TPSA) is 53.2 Å². The van der Waals surface area contributed by atoms with E-state index in [0.29, 0.717) is 0 Å². The zero-order valence-corrected chi connectivity index (χ0v) is 15.7. The predicted octanol–water partition coefficient (Wildman–Crippen LogP) is 5.16. The average molecular weight is 349 g/mol. The van der Waals surface area contributed by atoms with Crippen LogP contribution in [0, 0.1) is 0 Å². The van der Waals surface area contributed by atoms with Crippen LogP contribution in [0.1, 0.15) is 61.7 Å². The third kappa shape index (κ3) is 3.28. The molecule has 3 heterocycles. The van der Waals surface area contributed by atoms with Crippen molar-refractivity contribution >= 4 is 11.3 Å². The number of H-pyrrole nitrogens is 2. The van der Waals surface area contributed by atoms with E-state index in [1.54, 1.807) is 7.11 Å². The zero-order chi connectivity index (χ0) is 17.9. The van der Waals surface area contributed by atoms with E-state index in [1.807, 2.05) is 24.4 Å². The minimum Gasteiger partial charge on any atom is -0.494 e. The quantitative estimate of drug-likeness (QED) is 0.790. The van der Waals surface area contributed by atoms with Gasteiger partial charge in [-0.2, -0.15) is 0 Å². The molecule has 2 aliphatic rings. The normalized spacial score (nSPS) is 19.8. The molecule has 0 atom stereocenters. The standard InChI is InChI=1S/C22H27N3O/c1-15(21-16-9-6-4-3-5-7-10-17(13-16)24-21)22-20(26-2)14-19(25-22)18-11-8-12-23-18/h8,11-14,23-24H,3-7,9-10H2,1-2H3/b22-15-. The monoisotopic (exact) mass is 349 g/mol. The lowest BCUT2D eigenvalue weighted by Crippen LogP contribution is -1.95. The highest BCUT2D eigenvalue weighted by atomic mass is 16.5. The maximum absolute atomic E-state index is 5.64. The number of rotatable bonds is 3. The number of nitrogens with one attached hydrogen (secondary N) is 2. The van der Waals surface area contributed by atoms with E-state index in [-0.39, 0.29) is 0 Å². The average Bonchev–Trinajstić information content (AvgIpc) is 3.39. The largest absolute Gasteiger partial charge is 0.494 e. The van der Waals surface area contributed by atoms with Gasteiger partial charge in [-0.25, -0.2) is 4.99 Å². The first kappa shape index (κ1) is 17.0. The highest BCUT2D eigenvalue weighted by molar-refractivity contribution is 6.11. The first-order valence-corrected chi connectivity index (χ1v) is 9.67. The Kier molecular flexibility index (Phi) is 4.83. The maximum Gasteiger partial charge on any atom is 0.147 e. The zero-order valence-electron chi connectivity index (χ0n) is 15.7. The van der Waals surface area contributed by atoms with Crippen molar-refractivity contribution in [3.63, 3.8) is 0 Å². The lowest BCUT2D eigenvalue weighted by Gasteiger charge is -2.09. The van der Waals surface area contributed by atoms with Gasteiger partial charge in [-0.05, 0) is 56.4 Å². The summed E-state index contributed by atoms with van der Waals surface area (Å²) >= 11 is 0. The molecule has 4 nitrogen and oxygen atoms in total. The second kappa shape index (κ2) is 7.40. The third-order valence-corrected chi connectivity index (χ3v) is 5.40. The molecular weight excluding hydrogens is 322 g/mol. The number of hydrogen-bond donors (Lipinski definition) is 2. The summed E-state index contributed by atoms with van der Waals surface area (Å²) in [7, 11) is 1.72. The van der Waals surface area contributed by atoms with E-state index in [1.165, 1.54) is 54.6 Å². The molecule has 0 saturated carbocycles. The van der Waals surface area contributed by atoms with E-state index in [2.05, 4.69) is 23.0 Å². The SMILES string of the molecule is COC1=CC(c2ccc[nH]2)=N/C1=C(/C)c1[nH]c2cc1CCCCCCC2. The smallest absolute Gasteiger partial charge is 0.147 e. The van der Waals surface area contributed by atoms with E-state index < -0.39 is 0 Å². The van der Waals surface area contributed by atoms with Crippen molar-refractivity contribution in [3.05, 3.63) is 64.6 Å². The second-order valence-corrected chi connectivity index (χ2v) is 7.23. The van der Waals surface area contributed by atoms with Gasteiger partial charge in [0.15, 0.2) is 0 Å². The van der Waals surface area contributed by atoms with Crippen LogP contribution >= 0.6 is 0 Å². The second-order valence-electron chi connectivity index (χ2n) is 7.23. The van der Waals surface area contributed by atoms with E-state index in [4.69, 9.17) is 9.73 Å². The number of hydrogen-bond acceptors (Lipinski definition) is 2. The van der Waals surface area contributed by atoms with Crippen LogP contribution in [0.25, 0.3) is 5.57 Å². The molecule has 0 aromatic carbocycles. The van der Waals surface area contributed by atoms with Gasteiger partial charge in [0.05, 0.1) is 18.5 Å². The molecule has 2 bridgehead atoms. The molecule has 0 amide bonds. The first-order chi connectivity index (χ1) is 12.8. The highest BCUT2D eigenvalue weighted by Crippen LogP contribution is 2.32. The number of methoxy groups -OCH3 is 1. The van der Waals surface area contributed by atoms with Crippen molar-refractivity contribution < 1.29 is 4.74 Å². The first-order valence-electron chi connectivity index (χ1n) is 9.67. The fraction of sp³-hybridized carbons (Fsp3) is 0.409. The van der Waals surface area contributed by atoms with E-state index in [0.717, 1.165) is 35.7 Å². The van der Waals surface area contributed by atoms with Gasteiger partial charge in [-0.1, -0.05) is 19.3 Å². The predicted molar refractivity (Wildman–Crippen MR) is 106 cm³/mol. The fourth-order valence-electron chi connectivity index (χ4n) is 3.96. The molecule has 2 N–H and O–H groups in total. The summed E-state index contributed by atoms with van der Waals surface area (Å²) in [5, 5.41) is 0. The summed E-state index contributed by atoms with van der Waals surface area (Å²) < 4.78 is 5.64. The van der Waals surface area contributed by atoms with Gasteiger partial charge in [-0.15, -0.1) is 0 Å². The third-order valence-electron chi connectivity index (χ3n) is 5.40. The Morgan fingerprint density at radius 2 is 1.92 bits per heavy atom. The minimum atomic E-state index is 0.832. The molecule has 0 spiro atoms. The Bertz CT molecular complexity index is 865. The molecule has 26 heavy (non-hydrogen) atoms. The Morgan fingerprint density at radius 1 is 1.12 bits per heavy atom. The lowest BCUT2D eigenvalue weighted by molar-refractivity contribution is 0.302. The van der Waals surface area contributed by atoms with Crippen molar-refractivity contribution in [2.45, 2.75) is 51.9 Å². The molecule has 0 radical (unpaired) electrons. The maximum atomic E-state index is 5.64. The number of aromatic nitrogens is 2. The van der Waals surface area contributed by atoms with Crippen molar-refractivity contribution in [2.75, 3.05) is 7.11 Å². The van der Waals surface area contributed by atoms with Gasteiger partial charge < -0.3 is 14.7 Å². The van der Waals surface area contributed by atoms with Gasteiger partial charge >= 0.3 is 0 Å². The number of aromatic amines is 2. The lowest BCUT2D eigenvalue weighted by atomic mass is 9.99. The molecular formula is C22H27N3O. The van der Waals surface area contributed by atoms with Crippen LogP contribution in [0.4, 0.5) is 0 Å². The molecule has 0 unspecified atom stereocenters. The number of ether oxygens (including phenoxy) is 1. The molecule has 136 valence electrons. The molecule has 4 rings (SSSR count). The van der Waals surface area contributed by atoms with Crippen LogP contribution in [-0.2, 0) is 17.6 Å². The molecule has 0 fully saturated rings. The number of nitrogens with zero attached hydrogens (tertiary/aromatic N) is 1. The van der Waals surface area contributed by atoms with Crippen LogP contribution in [0.15, 0.2) is 46.9 Å². The van der Waals surface area contributed by atoms with Gasteiger partial charge in [0.1, 0.15) is 11.5 Å². The van der Waals surface area contributed by atoms with Crippen molar-refractivity contribution in [3.8, 4) is 0 Å². The van der Waals surface area contributed by atoms with Crippen molar-refractivity contribution in [2.24, 2.45) is 4.99 Å². The Morgan fingerprint density at radius 3 is 2.69 bits per heavy atom. The molecule has 1 aliphatic carbocycles. The van der Waals surface area contributed by atoms with E-state index >= 15 is 0 Å². The number of allylic oxidation sites excluding steroid dienone is 2. The Hall–Kier alpha value is -2.49. The van der Waals surface area contributed by atoms with Crippen LogP contribution in [0.3, 0.4) is 0 Å². The van der Waals surface area contributed by atoms with Gasteiger partial charge in [0.25, 0.3) is 0 Å². The van der Waals surface area contributed by atoms with E-state index in [9.17, 15) is 0 Å². The van der Waals surface area contributed by atoms with Crippen LogP contribution in [-0.4, -0.2) is 22.8 Å². The summed E-state index contributed by atoms with van der Waals surface area (Å²) in [6, 6.07) is 6.39. The molecule has 2 aromatic heterocycles. The molecule has 1 aliphatic heterocycles. The Labute approximate surface area is 155 Å². The molecule has 2 aromatic rings. The molecule has 4 heteroatoms. The Balaban J connectivity index is 1.74. The summed E-state index contributed by atoms with van der Waals surface area (Å²) in [4.78, 5) is 11.8. The van der Waals surface area contributed by atoms with Crippen molar-refractivity contribution in [1.82, 2.24) is 9.97 Å². The summed E-state index contributed by atoms with van der Waals surface area (Å²) in [5.41, 5.74) is 8.04. The van der Waals surface area contributed by atoms with Crippen LogP contribution < -0.4 is 0 Å². The van der Waals surface area contributed by atoms with Gasteiger partial charge in [0, 0.05) is 29.2 Å². The van der Waals surface area contributed by atoms with Crippen LogP contribution in [0.2, 0.25) is 0 Å². The van der Waals surface area contributed by atoms with Gasteiger partial charge in [0.2, 0.25) is 0 Å². The minimum absolute atomic E-state index is 0.832. The van der Waals surface area contributed by atoms with Crippen LogP contribution in [0.5, 0.6) is 0 Å². The summed E-state index contributed by atoms with van der Waals surface area (Å²) in [6.07, 6.45) is 12.8.